The lowest BCUT2D eigenvalue weighted by Gasteiger charge is -2.22. The zero-order valence-electron chi connectivity index (χ0n) is 20.2. The van der Waals surface area contributed by atoms with Gasteiger partial charge in [-0.25, -0.2) is 4.79 Å². The minimum atomic E-state index is -0.987. The number of urea groups is 1. The topological polar surface area (TPSA) is 108 Å². The number of hydrogen-bond donors (Lipinski definition) is 4. The standard InChI is InChI=1S/C27H31N3O4/c1-15(2)22(14-24(31)32)28-26(33)21-12-19-8-6-7-9-20(19)13-23(21)29-27(34)30-25-17(4)10-16(3)11-18(25)5/h6-13,15,22H,14H2,1-5H3,(H,28,33)(H,31,32)(H2,29,30,34)/t22-/m1/s1. The molecule has 0 aromatic heterocycles. The Hall–Kier alpha value is -3.87. The molecule has 0 heterocycles. The molecule has 3 rings (SSSR count). The zero-order valence-corrected chi connectivity index (χ0v) is 20.2. The number of hydrogen-bond acceptors (Lipinski definition) is 3. The quantitative estimate of drug-likeness (QED) is 0.365. The average molecular weight is 462 g/mol. The Bertz CT molecular complexity index is 1230. The number of carboxylic acids is 1. The SMILES string of the molecule is Cc1cc(C)c(NC(=O)Nc2cc3ccccc3cc2C(=O)N[C@H](CC(=O)O)C(C)C)c(C)c1. The minimum absolute atomic E-state index is 0.0762. The van der Waals surface area contributed by atoms with E-state index in [1.54, 1.807) is 12.1 Å². The Morgan fingerprint density at radius 1 is 0.882 bits per heavy atom. The van der Waals surface area contributed by atoms with E-state index in [9.17, 15) is 19.5 Å². The lowest BCUT2D eigenvalue weighted by atomic mass is 9.99. The fourth-order valence-corrected chi connectivity index (χ4v) is 4.06. The van der Waals surface area contributed by atoms with Crippen LogP contribution in [0.2, 0.25) is 0 Å². The average Bonchev–Trinajstić information content (AvgIpc) is 2.74. The number of amides is 3. The van der Waals surface area contributed by atoms with Gasteiger partial charge in [0.25, 0.3) is 5.91 Å². The Labute approximate surface area is 199 Å². The van der Waals surface area contributed by atoms with Crippen LogP contribution in [-0.4, -0.2) is 29.1 Å². The van der Waals surface area contributed by atoms with Gasteiger partial charge in [0, 0.05) is 11.7 Å². The van der Waals surface area contributed by atoms with E-state index in [1.807, 2.05) is 71.0 Å². The second-order valence-corrected chi connectivity index (χ2v) is 9.02. The summed E-state index contributed by atoms with van der Waals surface area (Å²) in [5.74, 6) is -1.50. The van der Waals surface area contributed by atoms with Crippen LogP contribution >= 0.6 is 0 Å². The molecule has 0 saturated carbocycles. The highest BCUT2D eigenvalue weighted by Crippen LogP contribution is 2.26. The van der Waals surface area contributed by atoms with Crippen molar-refractivity contribution in [2.45, 2.75) is 47.1 Å². The molecule has 7 nitrogen and oxygen atoms in total. The first-order valence-electron chi connectivity index (χ1n) is 11.3. The molecule has 0 fully saturated rings. The monoisotopic (exact) mass is 461 g/mol. The molecule has 3 aromatic carbocycles. The summed E-state index contributed by atoms with van der Waals surface area (Å²) in [6.07, 6.45) is -0.188. The van der Waals surface area contributed by atoms with E-state index in [1.165, 1.54) is 0 Å². The summed E-state index contributed by atoms with van der Waals surface area (Å²) in [5, 5.41) is 19.5. The summed E-state index contributed by atoms with van der Waals surface area (Å²) in [4.78, 5) is 37.4. The summed E-state index contributed by atoms with van der Waals surface area (Å²) in [6, 6.07) is 14.0. The maximum Gasteiger partial charge on any atom is 0.323 e. The number of aliphatic carboxylic acids is 1. The first-order chi connectivity index (χ1) is 16.0. The van der Waals surface area contributed by atoms with E-state index in [0.29, 0.717) is 5.69 Å². The number of carbonyl (C=O) groups is 3. The lowest BCUT2D eigenvalue weighted by Crippen LogP contribution is -2.40. The van der Waals surface area contributed by atoms with Crippen LogP contribution in [0.25, 0.3) is 10.8 Å². The first-order valence-corrected chi connectivity index (χ1v) is 11.3. The van der Waals surface area contributed by atoms with Gasteiger partial charge in [-0.3, -0.25) is 9.59 Å². The van der Waals surface area contributed by atoms with Gasteiger partial charge in [-0.05, 0) is 60.7 Å². The maximum absolute atomic E-state index is 13.2. The van der Waals surface area contributed by atoms with Crippen molar-refractivity contribution in [2.75, 3.05) is 10.6 Å². The molecule has 3 aromatic rings. The van der Waals surface area contributed by atoms with Crippen LogP contribution in [0, 0.1) is 26.7 Å². The summed E-state index contributed by atoms with van der Waals surface area (Å²) in [5.41, 5.74) is 4.32. The van der Waals surface area contributed by atoms with E-state index < -0.39 is 23.9 Å². The predicted molar refractivity (Wildman–Crippen MR) is 136 cm³/mol. The minimum Gasteiger partial charge on any atom is -0.481 e. The fraction of sp³-hybridized carbons (Fsp3) is 0.296. The molecule has 3 amide bonds. The Kier molecular flexibility index (Phi) is 7.56. The van der Waals surface area contributed by atoms with Crippen molar-refractivity contribution in [1.29, 1.82) is 0 Å². The number of rotatable bonds is 7. The molecule has 0 aliphatic heterocycles. The van der Waals surface area contributed by atoms with Gasteiger partial charge in [0.2, 0.25) is 0 Å². The third kappa shape index (κ3) is 5.92. The lowest BCUT2D eigenvalue weighted by molar-refractivity contribution is -0.137. The zero-order chi connectivity index (χ0) is 25.0. The molecule has 4 N–H and O–H groups in total. The van der Waals surface area contributed by atoms with E-state index >= 15 is 0 Å². The number of nitrogens with one attached hydrogen (secondary N) is 3. The maximum atomic E-state index is 13.2. The van der Waals surface area contributed by atoms with Gasteiger partial charge in [-0.1, -0.05) is 55.8 Å². The van der Waals surface area contributed by atoms with Crippen molar-refractivity contribution in [2.24, 2.45) is 5.92 Å². The Morgan fingerprint density at radius 2 is 1.47 bits per heavy atom. The van der Waals surface area contributed by atoms with E-state index in [4.69, 9.17) is 0 Å². The van der Waals surface area contributed by atoms with Gasteiger partial charge in [0.15, 0.2) is 0 Å². The van der Waals surface area contributed by atoms with Crippen molar-refractivity contribution in [3.63, 3.8) is 0 Å². The fourth-order valence-electron chi connectivity index (χ4n) is 4.06. The molecule has 1 atom stereocenters. The third-order valence-electron chi connectivity index (χ3n) is 5.81. The van der Waals surface area contributed by atoms with E-state index in [2.05, 4.69) is 16.0 Å². The van der Waals surface area contributed by atoms with Crippen molar-refractivity contribution < 1.29 is 19.5 Å². The molecule has 178 valence electrons. The number of anilines is 2. The summed E-state index contributed by atoms with van der Waals surface area (Å²) in [7, 11) is 0. The predicted octanol–water partition coefficient (Wildman–Crippen LogP) is 5.64. The molecule has 0 radical (unpaired) electrons. The molecule has 0 bridgehead atoms. The Balaban J connectivity index is 1.93. The van der Waals surface area contributed by atoms with Crippen molar-refractivity contribution in [3.05, 3.63) is 70.8 Å². The molecular weight excluding hydrogens is 430 g/mol. The largest absolute Gasteiger partial charge is 0.481 e. The van der Waals surface area contributed by atoms with Crippen LogP contribution < -0.4 is 16.0 Å². The van der Waals surface area contributed by atoms with E-state index in [0.717, 1.165) is 33.2 Å². The van der Waals surface area contributed by atoms with Gasteiger partial charge in [0.1, 0.15) is 0 Å². The molecule has 0 aliphatic carbocycles. The first kappa shape index (κ1) is 24.8. The van der Waals surface area contributed by atoms with Crippen LogP contribution in [0.15, 0.2) is 48.5 Å². The van der Waals surface area contributed by atoms with Crippen LogP contribution in [0.1, 0.15) is 47.3 Å². The highest BCUT2D eigenvalue weighted by molar-refractivity contribution is 6.10. The summed E-state index contributed by atoms with van der Waals surface area (Å²) < 4.78 is 0. The summed E-state index contributed by atoms with van der Waals surface area (Å²) >= 11 is 0. The number of benzene rings is 3. The van der Waals surface area contributed by atoms with Gasteiger partial charge < -0.3 is 21.1 Å². The normalized spacial score (nSPS) is 11.8. The van der Waals surface area contributed by atoms with Gasteiger partial charge in [-0.2, -0.15) is 0 Å². The number of carbonyl (C=O) groups excluding carboxylic acids is 2. The molecule has 34 heavy (non-hydrogen) atoms. The molecule has 0 spiro atoms. The number of fused-ring (bicyclic) bond motifs is 1. The van der Waals surface area contributed by atoms with Crippen LogP contribution in [0.4, 0.5) is 16.2 Å². The summed E-state index contributed by atoms with van der Waals surface area (Å²) in [6.45, 7) is 9.57. The Morgan fingerprint density at radius 3 is 2.03 bits per heavy atom. The van der Waals surface area contributed by atoms with Crippen LogP contribution in [0.5, 0.6) is 0 Å². The van der Waals surface area contributed by atoms with Gasteiger partial charge in [-0.15, -0.1) is 0 Å². The number of aryl methyl sites for hydroxylation is 3. The van der Waals surface area contributed by atoms with Crippen molar-refractivity contribution in [3.8, 4) is 0 Å². The molecule has 0 aliphatic rings. The number of carboxylic acid groups (broad SMARTS) is 1. The molecular formula is C27H31N3O4. The van der Waals surface area contributed by atoms with Gasteiger partial charge >= 0.3 is 12.0 Å². The van der Waals surface area contributed by atoms with E-state index in [-0.39, 0.29) is 17.9 Å². The van der Waals surface area contributed by atoms with Crippen LogP contribution in [0.3, 0.4) is 0 Å². The highest BCUT2D eigenvalue weighted by atomic mass is 16.4. The highest BCUT2D eigenvalue weighted by Gasteiger charge is 2.23. The van der Waals surface area contributed by atoms with Crippen molar-refractivity contribution in [1.82, 2.24) is 5.32 Å². The second kappa shape index (κ2) is 10.4. The smallest absolute Gasteiger partial charge is 0.323 e. The van der Waals surface area contributed by atoms with Gasteiger partial charge in [0.05, 0.1) is 17.7 Å². The second-order valence-electron chi connectivity index (χ2n) is 9.02. The molecule has 0 saturated heterocycles. The van der Waals surface area contributed by atoms with Crippen molar-refractivity contribution >= 4 is 40.1 Å². The van der Waals surface area contributed by atoms with Crippen LogP contribution in [-0.2, 0) is 4.79 Å². The third-order valence-corrected chi connectivity index (χ3v) is 5.81. The molecule has 7 heteroatoms. The molecule has 0 unspecified atom stereocenters.